The van der Waals surface area contributed by atoms with E-state index in [4.69, 9.17) is 0 Å². The summed E-state index contributed by atoms with van der Waals surface area (Å²) in [6.45, 7) is 0. The number of thioether (sulfide) groups is 1. The van der Waals surface area contributed by atoms with Crippen LogP contribution in [-0.2, 0) is 14.6 Å². The number of nitrogens with one attached hydrogen (secondary N) is 2. The number of hydrogen-bond donors (Lipinski definition) is 2. The molecule has 1 saturated heterocycles. The van der Waals surface area contributed by atoms with E-state index in [0.29, 0.717) is 12.1 Å². The van der Waals surface area contributed by atoms with Crippen molar-refractivity contribution in [3.05, 3.63) is 54.6 Å². The van der Waals surface area contributed by atoms with Gasteiger partial charge in [0.1, 0.15) is 0 Å². The van der Waals surface area contributed by atoms with Gasteiger partial charge in [0, 0.05) is 10.9 Å². The molecule has 2 N–H and O–H groups in total. The molecule has 3 rings (SSSR count). The third-order valence-electron chi connectivity index (χ3n) is 3.89. The summed E-state index contributed by atoms with van der Waals surface area (Å²) in [5.74, 6) is 0.532. The summed E-state index contributed by atoms with van der Waals surface area (Å²) in [6.07, 6.45) is 0.631. The van der Waals surface area contributed by atoms with Crippen molar-refractivity contribution in [3.63, 3.8) is 0 Å². The van der Waals surface area contributed by atoms with Gasteiger partial charge in [-0.15, -0.1) is 11.8 Å². The van der Waals surface area contributed by atoms with Crippen LogP contribution in [-0.4, -0.2) is 36.8 Å². The summed E-state index contributed by atoms with van der Waals surface area (Å²) >= 11 is 1.41. The van der Waals surface area contributed by atoms with E-state index in [2.05, 4.69) is 10.6 Å². The zero-order chi connectivity index (χ0) is 17.7. The number of benzene rings is 2. The largest absolute Gasteiger partial charge is 0.354 e. The number of rotatable bonds is 6. The van der Waals surface area contributed by atoms with Crippen molar-refractivity contribution in [2.75, 3.05) is 27.9 Å². The van der Waals surface area contributed by atoms with E-state index in [1.165, 1.54) is 11.8 Å². The summed E-state index contributed by atoms with van der Waals surface area (Å²) in [4.78, 5) is 12.2. The molecule has 7 heteroatoms. The van der Waals surface area contributed by atoms with Gasteiger partial charge in [0.2, 0.25) is 5.91 Å². The van der Waals surface area contributed by atoms with Gasteiger partial charge >= 0.3 is 0 Å². The molecule has 5 nitrogen and oxygen atoms in total. The first-order valence-electron chi connectivity index (χ1n) is 8.05. The van der Waals surface area contributed by atoms with Crippen molar-refractivity contribution >= 4 is 44.6 Å². The van der Waals surface area contributed by atoms with E-state index >= 15 is 0 Å². The Hall–Kier alpha value is -1.99. The molecule has 0 aliphatic carbocycles. The topological polar surface area (TPSA) is 75.3 Å². The Morgan fingerprint density at radius 1 is 1.04 bits per heavy atom. The molecule has 0 spiro atoms. The Bertz CT molecular complexity index is 838. The van der Waals surface area contributed by atoms with Crippen LogP contribution in [0.5, 0.6) is 0 Å². The highest BCUT2D eigenvalue weighted by Crippen LogP contribution is 2.27. The van der Waals surface area contributed by atoms with E-state index in [-0.39, 0.29) is 28.4 Å². The molecule has 0 aromatic heterocycles. The van der Waals surface area contributed by atoms with Crippen molar-refractivity contribution < 1.29 is 13.2 Å². The van der Waals surface area contributed by atoms with Crippen LogP contribution in [0.25, 0.3) is 0 Å². The van der Waals surface area contributed by atoms with Crippen LogP contribution >= 0.6 is 11.8 Å². The van der Waals surface area contributed by atoms with Crippen LogP contribution in [0.2, 0.25) is 0 Å². The third kappa shape index (κ3) is 5.24. The molecule has 1 amide bonds. The van der Waals surface area contributed by atoms with Gasteiger partial charge in [0.25, 0.3) is 0 Å². The van der Waals surface area contributed by atoms with Gasteiger partial charge in [-0.2, -0.15) is 0 Å². The molecule has 2 aromatic carbocycles. The van der Waals surface area contributed by atoms with Crippen LogP contribution in [0, 0.1) is 0 Å². The van der Waals surface area contributed by atoms with Gasteiger partial charge in [-0.25, -0.2) is 8.42 Å². The second-order valence-electron chi connectivity index (χ2n) is 5.92. The van der Waals surface area contributed by atoms with Gasteiger partial charge in [0.15, 0.2) is 9.84 Å². The minimum Gasteiger partial charge on any atom is -0.354 e. The zero-order valence-electron chi connectivity index (χ0n) is 13.6. The standard InChI is InChI=1S/C18H20N2O3S2/c21-18(12-24-15-10-11-25(22,23)13-15)20-17-9-5-4-8-16(17)19-14-6-2-1-3-7-14/h1-9,15,19H,10-13H2,(H,20,21). The van der Waals surface area contributed by atoms with Crippen molar-refractivity contribution in [2.24, 2.45) is 0 Å². The minimum atomic E-state index is -2.91. The molecule has 0 saturated carbocycles. The molecule has 1 aliphatic rings. The number of para-hydroxylation sites is 3. The monoisotopic (exact) mass is 376 g/mol. The molecular weight excluding hydrogens is 356 g/mol. The summed E-state index contributed by atoms with van der Waals surface area (Å²) in [6, 6.07) is 17.2. The van der Waals surface area contributed by atoms with Gasteiger partial charge in [-0.1, -0.05) is 30.3 Å². The first kappa shape index (κ1) is 17.8. The van der Waals surface area contributed by atoms with Gasteiger partial charge in [-0.3, -0.25) is 4.79 Å². The van der Waals surface area contributed by atoms with Crippen LogP contribution in [0.15, 0.2) is 54.6 Å². The molecule has 1 atom stereocenters. The highest BCUT2D eigenvalue weighted by Gasteiger charge is 2.28. The predicted octanol–water partition coefficient (Wildman–Crippen LogP) is 3.29. The summed E-state index contributed by atoms with van der Waals surface area (Å²) in [5.41, 5.74) is 2.46. The van der Waals surface area contributed by atoms with Gasteiger partial charge in [0.05, 0.1) is 28.6 Å². The molecule has 1 heterocycles. The van der Waals surface area contributed by atoms with E-state index in [9.17, 15) is 13.2 Å². The minimum absolute atomic E-state index is 0.0217. The lowest BCUT2D eigenvalue weighted by Gasteiger charge is -2.13. The average Bonchev–Trinajstić information content (AvgIpc) is 2.95. The second kappa shape index (κ2) is 7.93. The van der Waals surface area contributed by atoms with Gasteiger partial charge in [-0.05, 0) is 30.7 Å². The molecule has 25 heavy (non-hydrogen) atoms. The van der Waals surface area contributed by atoms with Crippen molar-refractivity contribution in [2.45, 2.75) is 11.7 Å². The summed E-state index contributed by atoms with van der Waals surface area (Å²) < 4.78 is 22.9. The normalized spacial score (nSPS) is 18.6. The Morgan fingerprint density at radius 2 is 1.72 bits per heavy atom. The van der Waals surface area contributed by atoms with E-state index in [1.807, 2.05) is 54.6 Å². The fourth-order valence-corrected chi connectivity index (χ4v) is 6.09. The smallest absolute Gasteiger partial charge is 0.234 e. The number of carbonyl (C=O) groups excluding carboxylic acids is 1. The fraction of sp³-hybridized carbons (Fsp3) is 0.278. The average molecular weight is 377 g/mol. The first-order chi connectivity index (χ1) is 12.0. The molecular formula is C18H20N2O3S2. The lowest BCUT2D eigenvalue weighted by atomic mass is 10.2. The number of anilines is 3. The Balaban J connectivity index is 1.58. The zero-order valence-corrected chi connectivity index (χ0v) is 15.3. The van der Waals surface area contributed by atoms with E-state index in [0.717, 1.165) is 11.4 Å². The predicted molar refractivity (Wildman–Crippen MR) is 104 cm³/mol. The Kier molecular flexibility index (Phi) is 5.65. The summed E-state index contributed by atoms with van der Waals surface area (Å²) in [5, 5.41) is 6.21. The summed E-state index contributed by atoms with van der Waals surface area (Å²) in [7, 11) is -2.91. The van der Waals surface area contributed by atoms with E-state index in [1.54, 1.807) is 0 Å². The SMILES string of the molecule is O=C(CSC1CCS(=O)(=O)C1)Nc1ccccc1Nc1ccccc1. The molecule has 132 valence electrons. The maximum Gasteiger partial charge on any atom is 0.234 e. The van der Waals surface area contributed by atoms with Crippen LogP contribution in [0.1, 0.15) is 6.42 Å². The van der Waals surface area contributed by atoms with Crippen LogP contribution in [0.4, 0.5) is 17.1 Å². The van der Waals surface area contributed by atoms with E-state index < -0.39 is 9.84 Å². The maximum atomic E-state index is 12.2. The van der Waals surface area contributed by atoms with Crippen molar-refractivity contribution in [1.29, 1.82) is 0 Å². The molecule has 1 unspecified atom stereocenters. The van der Waals surface area contributed by atoms with Crippen molar-refractivity contribution in [3.8, 4) is 0 Å². The van der Waals surface area contributed by atoms with Crippen LogP contribution in [0.3, 0.4) is 0 Å². The number of sulfone groups is 1. The quantitative estimate of drug-likeness (QED) is 0.809. The molecule has 1 aliphatic heterocycles. The number of amides is 1. The lowest BCUT2D eigenvalue weighted by molar-refractivity contribution is -0.113. The highest BCUT2D eigenvalue weighted by atomic mass is 32.2. The van der Waals surface area contributed by atoms with Gasteiger partial charge < -0.3 is 10.6 Å². The molecule has 0 radical (unpaired) electrons. The second-order valence-corrected chi connectivity index (χ2v) is 9.44. The molecule has 1 fully saturated rings. The maximum absolute atomic E-state index is 12.2. The number of carbonyl (C=O) groups is 1. The fourth-order valence-electron chi connectivity index (χ4n) is 2.65. The first-order valence-corrected chi connectivity index (χ1v) is 10.9. The molecule has 0 bridgehead atoms. The lowest BCUT2D eigenvalue weighted by Crippen LogP contribution is -2.17. The Morgan fingerprint density at radius 3 is 2.40 bits per heavy atom. The highest BCUT2D eigenvalue weighted by molar-refractivity contribution is 8.02. The molecule has 2 aromatic rings. The number of hydrogen-bond acceptors (Lipinski definition) is 5. The van der Waals surface area contributed by atoms with Crippen LogP contribution < -0.4 is 10.6 Å². The van der Waals surface area contributed by atoms with Crippen molar-refractivity contribution in [1.82, 2.24) is 0 Å². The third-order valence-corrected chi connectivity index (χ3v) is 7.18. The Labute approximate surface area is 152 Å².